The van der Waals surface area contributed by atoms with Gasteiger partial charge in [0.05, 0.1) is 17.2 Å². The van der Waals surface area contributed by atoms with E-state index in [9.17, 15) is 4.79 Å². The van der Waals surface area contributed by atoms with E-state index in [4.69, 9.17) is 32.2 Å². The Morgan fingerprint density at radius 1 is 1.24 bits per heavy atom. The lowest BCUT2D eigenvalue weighted by Crippen LogP contribution is -2.07. The van der Waals surface area contributed by atoms with Crippen molar-refractivity contribution in [3.8, 4) is 23.8 Å². The smallest absolute Gasteiger partial charge is 0.339 e. The van der Waals surface area contributed by atoms with E-state index in [1.54, 1.807) is 0 Å². The van der Waals surface area contributed by atoms with Crippen molar-refractivity contribution in [2.75, 3.05) is 13.2 Å². The first-order valence-electron chi connectivity index (χ1n) is 7.49. The molecule has 0 unspecified atom stereocenters. The van der Waals surface area contributed by atoms with Gasteiger partial charge >= 0.3 is 5.97 Å². The molecule has 0 saturated carbocycles. The minimum absolute atomic E-state index is 0.109. The summed E-state index contributed by atoms with van der Waals surface area (Å²) in [5.74, 6) is 2.42. The molecule has 0 aromatic heterocycles. The number of carbonyl (C=O) groups excluding carboxylic acids is 1. The van der Waals surface area contributed by atoms with Gasteiger partial charge in [0.25, 0.3) is 0 Å². The van der Waals surface area contributed by atoms with Crippen molar-refractivity contribution in [1.82, 2.24) is 0 Å². The number of esters is 1. The van der Waals surface area contributed by atoms with Crippen molar-refractivity contribution in [3.05, 3.63) is 57.0 Å². The monoisotopic (exact) mass is 422 g/mol. The Morgan fingerprint density at radius 3 is 2.60 bits per heavy atom. The highest BCUT2D eigenvalue weighted by atomic mass is 79.9. The molecule has 0 aliphatic carbocycles. The van der Waals surface area contributed by atoms with Crippen molar-refractivity contribution < 1.29 is 19.0 Å². The second-order valence-electron chi connectivity index (χ2n) is 4.91. The molecule has 2 rings (SSSR count). The fourth-order valence-corrected chi connectivity index (χ4v) is 2.55. The van der Waals surface area contributed by atoms with E-state index < -0.39 is 5.97 Å². The summed E-state index contributed by atoms with van der Waals surface area (Å²) in [7, 11) is 0. The van der Waals surface area contributed by atoms with Crippen molar-refractivity contribution in [1.29, 1.82) is 0 Å². The molecule has 4 nitrogen and oxygen atoms in total. The molecular formula is C19H16BrClO4. The number of carbonyl (C=O) groups is 1. The number of hydrogen-bond acceptors (Lipinski definition) is 4. The molecule has 2 aromatic carbocycles. The first kappa shape index (κ1) is 19.2. The summed E-state index contributed by atoms with van der Waals surface area (Å²) >= 11 is 9.67. The maximum Gasteiger partial charge on any atom is 0.339 e. The van der Waals surface area contributed by atoms with Crippen molar-refractivity contribution >= 4 is 33.5 Å². The van der Waals surface area contributed by atoms with Gasteiger partial charge in [-0.25, -0.2) is 4.79 Å². The highest BCUT2D eigenvalue weighted by Gasteiger charge is 2.17. The quantitative estimate of drug-likeness (QED) is 0.471. The maximum atomic E-state index is 12.0. The SMILES string of the molecule is C#CCOC(=O)c1cc(Cl)c(OCc2ccc(Br)cc2)c(OCC)c1. The second kappa shape index (κ2) is 9.36. The molecule has 0 amide bonds. The fourth-order valence-electron chi connectivity index (χ4n) is 2.02. The standard InChI is InChI=1S/C19H16BrClO4/c1-3-9-24-19(22)14-10-16(21)18(17(11-14)23-4-2)25-12-13-5-7-15(20)8-6-13/h1,5-8,10-11H,4,9,12H2,2H3. The molecule has 6 heteroatoms. The Hall–Kier alpha value is -2.16. The van der Waals surface area contributed by atoms with Gasteiger partial charge in [0.15, 0.2) is 18.1 Å². The number of hydrogen-bond donors (Lipinski definition) is 0. The molecule has 0 radical (unpaired) electrons. The zero-order valence-corrected chi connectivity index (χ0v) is 15.9. The molecule has 0 heterocycles. The minimum atomic E-state index is -0.569. The van der Waals surface area contributed by atoms with Crippen LogP contribution in [0.1, 0.15) is 22.8 Å². The minimum Gasteiger partial charge on any atom is -0.490 e. The van der Waals surface area contributed by atoms with Gasteiger partial charge in [-0.15, -0.1) is 6.42 Å². The highest BCUT2D eigenvalue weighted by Crippen LogP contribution is 2.37. The van der Waals surface area contributed by atoms with Crippen LogP contribution in [0.25, 0.3) is 0 Å². The third kappa shape index (κ3) is 5.42. The molecule has 0 N–H and O–H groups in total. The van der Waals surface area contributed by atoms with Crippen LogP contribution in [-0.2, 0) is 11.3 Å². The average Bonchev–Trinajstić information content (AvgIpc) is 2.60. The lowest BCUT2D eigenvalue weighted by Gasteiger charge is -2.15. The molecule has 25 heavy (non-hydrogen) atoms. The van der Waals surface area contributed by atoms with Crippen LogP contribution in [-0.4, -0.2) is 19.2 Å². The second-order valence-corrected chi connectivity index (χ2v) is 6.24. The lowest BCUT2D eigenvalue weighted by molar-refractivity contribution is 0.0556. The first-order chi connectivity index (χ1) is 12.0. The van der Waals surface area contributed by atoms with E-state index in [1.807, 2.05) is 31.2 Å². The summed E-state index contributed by atoms with van der Waals surface area (Å²) in [5, 5.41) is 0.260. The molecule has 2 aromatic rings. The largest absolute Gasteiger partial charge is 0.490 e. The molecule has 0 atom stereocenters. The topological polar surface area (TPSA) is 44.8 Å². The Morgan fingerprint density at radius 2 is 1.96 bits per heavy atom. The molecule has 0 fully saturated rings. The molecule has 130 valence electrons. The van der Waals surface area contributed by atoms with Crippen LogP contribution in [0.4, 0.5) is 0 Å². The van der Waals surface area contributed by atoms with Crippen molar-refractivity contribution in [3.63, 3.8) is 0 Å². The molecule has 0 aliphatic rings. The normalized spacial score (nSPS) is 10.0. The Kier molecular flexibility index (Phi) is 7.17. The maximum absolute atomic E-state index is 12.0. The summed E-state index contributed by atoms with van der Waals surface area (Å²) < 4.78 is 17.3. The van der Waals surface area contributed by atoms with Gasteiger partial charge in [-0.3, -0.25) is 0 Å². The Labute approximate surface area is 160 Å². The molecular weight excluding hydrogens is 408 g/mol. The van der Waals surface area contributed by atoms with Crippen molar-refractivity contribution in [2.24, 2.45) is 0 Å². The summed E-state index contributed by atoms with van der Waals surface area (Å²) in [4.78, 5) is 12.0. The van der Waals surface area contributed by atoms with E-state index in [2.05, 4.69) is 21.9 Å². The van der Waals surface area contributed by atoms with Crippen molar-refractivity contribution in [2.45, 2.75) is 13.5 Å². The lowest BCUT2D eigenvalue weighted by atomic mass is 10.2. The summed E-state index contributed by atoms with van der Waals surface area (Å²) in [6, 6.07) is 10.7. The number of terminal acetylenes is 1. The van der Waals surface area contributed by atoms with Gasteiger partial charge in [-0.1, -0.05) is 45.6 Å². The predicted molar refractivity (Wildman–Crippen MR) is 100 cm³/mol. The van der Waals surface area contributed by atoms with Gasteiger partial charge in [0.1, 0.15) is 6.61 Å². The fraction of sp³-hybridized carbons (Fsp3) is 0.211. The number of halogens is 2. The van der Waals surface area contributed by atoms with Gasteiger partial charge < -0.3 is 14.2 Å². The van der Waals surface area contributed by atoms with Crippen LogP contribution in [0.5, 0.6) is 11.5 Å². The number of rotatable bonds is 7. The average molecular weight is 424 g/mol. The third-order valence-corrected chi connectivity index (χ3v) is 3.94. The van der Waals surface area contributed by atoms with Crippen LogP contribution in [0.15, 0.2) is 40.9 Å². The van der Waals surface area contributed by atoms with E-state index in [-0.39, 0.29) is 17.2 Å². The predicted octanol–water partition coefficient (Wildman–Crippen LogP) is 4.87. The van der Waals surface area contributed by atoms with E-state index in [1.165, 1.54) is 12.1 Å². The van der Waals surface area contributed by atoms with Gasteiger partial charge in [-0.05, 0) is 36.8 Å². The van der Waals surface area contributed by atoms with Gasteiger partial charge in [0, 0.05) is 4.47 Å². The van der Waals surface area contributed by atoms with E-state index >= 15 is 0 Å². The highest BCUT2D eigenvalue weighted by molar-refractivity contribution is 9.10. The summed E-state index contributed by atoms with van der Waals surface area (Å²) in [6.07, 6.45) is 5.09. The van der Waals surface area contributed by atoms with Crippen LogP contribution < -0.4 is 9.47 Å². The molecule has 0 aliphatic heterocycles. The molecule has 0 spiro atoms. The number of benzene rings is 2. The van der Waals surface area contributed by atoms with Crippen LogP contribution >= 0.6 is 27.5 Å². The molecule has 0 saturated heterocycles. The first-order valence-corrected chi connectivity index (χ1v) is 8.66. The Balaban J connectivity index is 2.22. The number of ether oxygens (including phenoxy) is 3. The third-order valence-electron chi connectivity index (χ3n) is 3.13. The zero-order valence-electron chi connectivity index (χ0n) is 13.6. The molecule has 0 bridgehead atoms. The van der Waals surface area contributed by atoms with E-state index in [0.717, 1.165) is 10.0 Å². The van der Waals surface area contributed by atoms with Gasteiger partial charge in [0.2, 0.25) is 0 Å². The zero-order chi connectivity index (χ0) is 18.2. The van der Waals surface area contributed by atoms with Crippen LogP contribution in [0.3, 0.4) is 0 Å². The van der Waals surface area contributed by atoms with Crippen LogP contribution in [0.2, 0.25) is 5.02 Å². The summed E-state index contributed by atoms with van der Waals surface area (Å²) in [5.41, 5.74) is 1.22. The van der Waals surface area contributed by atoms with Gasteiger partial charge in [-0.2, -0.15) is 0 Å². The Bertz CT molecular complexity index is 781. The van der Waals surface area contributed by atoms with Crippen LogP contribution in [0, 0.1) is 12.3 Å². The van der Waals surface area contributed by atoms with E-state index in [0.29, 0.717) is 24.7 Å². The summed E-state index contributed by atoms with van der Waals surface area (Å²) in [6.45, 7) is 2.43.